The Morgan fingerprint density at radius 2 is 1.83 bits per heavy atom. The number of hydrogen-bond donors (Lipinski definition) is 1. The van der Waals surface area contributed by atoms with E-state index in [9.17, 15) is 13.2 Å². The van der Waals surface area contributed by atoms with Crippen LogP contribution in [-0.4, -0.2) is 20.1 Å². The molecule has 2 aromatic carbocycles. The van der Waals surface area contributed by atoms with Gasteiger partial charge in [-0.15, -0.1) is 0 Å². The average Bonchev–Trinajstić information content (AvgIpc) is 3.02. The fraction of sp³-hybridized carbons (Fsp3) is 0.409. The van der Waals surface area contributed by atoms with Gasteiger partial charge in [-0.3, -0.25) is 9.36 Å². The highest BCUT2D eigenvalue weighted by atomic mass is 32.2. The lowest BCUT2D eigenvalue weighted by Crippen LogP contribution is -2.29. The number of nitrogens with zero attached hydrogens (tertiary/aromatic N) is 1. The van der Waals surface area contributed by atoms with Crippen molar-refractivity contribution in [2.24, 2.45) is 5.92 Å². The van der Waals surface area contributed by atoms with Gasteiger partial charge in [-0.2, -0.15) is 0 Å². The summed E-state index contributed by atoms with van der Waals surface area (Å²) < 4.78 is 36.8. The third kappa shape index (κ3) is 4.94. The summed E-state index contributed by atoms with van der Waals surface area (Å²) in [4.78, 5) is 12.3. The Morgan fingerprint density at radius 1 is 1.13 bits per heavy atom. The summed E-state index contributed by atoms with van der Waals surface area (Å²) in [6.07, 6.45) is 1.50. The van der Waals surface area contributed by atoms with Crippen LogP contribution < -0.4 is 14.3 Å². The zero-order valence-electron chi connectivity index (χ0n) is 17.7. The summed E-state index contributed by atoms with van der Waals surface area (Å²) in [6, 6.07) is 12.0. The van der Waals surface area contributed by atoms with E-state index in [-0.39, 0.29) is 15.8 Å². The Bertz CT molecular complexity index is 1160. The normalized spacial score (nSPS) is 13.1. The van der Waals surface area contributed by atoms with Crippen molar-refractivity contribution in [3.63, 3.8) is 0 Å². The SMILES string of the molecule is CCCn1c(=O)sc2cc(S(=O)(=O)NC(CC(C)C)c3ccc(OC)cc3)ccc21. The van der Waals surface area contributed by atoms with Crippen LogP contribution in [-0.2, 0) is 16.6 Å². The molecule has 0 radical (unpaired) electrons. The van der Waals surface area contributed by atoms with E-state index in [0.717, 1.165) is 34.6 Å². The molecule has 1 heterocycles. The first-order valence-electron chi connectivity index (χ1n) is 10.0. The number of benzene rings is 2. The summed E-state index contributed by atoms with van der Waals surface area (Å²) in [5.41, 5.74) is 1.66. The number of aromatic nitrogens is 1. The molecular weight excluding hydrogens is 420 g/mol. The number of rotatable bonds is 9. The van der Waals surface area contributed by atoms with Gasteiger partial charge in [0.2, 0.25) is 10.0 Å². The predicted octanol–water partition coefficient (Wildman–Crippen LogP) is 4.55. The minimum absolute atomic E-state index is 0.0646. The Balaban J connectivity index is 1.94. The molecule has 0 spiro atoms. The van der Waals surface area contributed by atoms with Crippen LogP contribution in [0.5, 0.6) is 5.75 Å². The fourth-order valence-electron chi connectivity index (χ4n) is 3.46. The van der Waals surface area contributed by atoms with Crippen molar-refractivity contribution in [3.05, 3.63) is 57.7 Å². The van der Waals surface area contributed by atoms with E-state index >= 15 is 0 Å². The number of thiazole rings is 1. The third-order valence-corrected chi connectivity index (χ3v) is 7.33. The Labute approximate surface area is 181 Å². The summed E-state index contributed by atoms with van der Waals surface area (Å²) in [5, 5.41) is 0. The molecule has 162 valence electrons. The number of methoxy groups -OCH3 is 1. The predicted molar refractivity (Wildman–Crippen MR) is 122 cm³/mol. The van der Waals surface area contributed by atoms with Crippen molar-refractivity contribution in [3.8, 4) is 5.75 Å². The lowest BCUT2D eigenvalue weighted by molar-refractivity contribution is 0.414. The molecule has 0 saturated carbocycles. The highest BCUT2D eigenvalue weighted by molar-refractivity contribution is 7.89. The lowest BCUT2D eigenvalue weighted by atomic mass is 9.98. The smallest absolute Gasteiger partial charge is 0.308 e. The maximum Gasteiger partial charge on any atom is 0.308 e. The lowest BCUT2D eigenvalue weighted by Gasteiger charge is -2.21. The number of hydrogen-bond acceptors (Lipinski definition) is 5. The molecule has 0 aliphatic heterocycles. The summed E-state index contributed by atoms with van der Waals surface area (Å²) in [7, 11) is -2.16. The van der Waals surface area contributed by atoms with E-state index in [1.54, 1.807) is 29.9 Å². The summed E-state index contributed by atoms with van der Waals surface area (Å²) >= 11 is 1.08. The Morgan fingerprint density at radius 3 is 2.43 bits per heavy atom. The van der Waals surface area contributed by atoms with Gasteiger partial charge in [0.15, 0.2) is 0 Å². The zero-order chi connectivity index (χ0) is 21.9. The van der Waals surface area contributed by atoms with E-state index in [2.05, 4.69) is 18.6 Å². The van der Waals surface area contributed by atoms with Crippen LogP contribution in [0.3, 0.4) is 0 Å². The van der Waals surface area contributed by atoms with Crippen molar-refractivity contribution >= 4 is 31.6 Å². The van der Waals surface area contributed by atoms with Crippen molar-refractivity contribution < 1.29 is 13.2 Å². The van der Waals surface area contributed by atoms with Gasteiger partial charge in [-0.05, 0) is 54.7 Å². The monoisotopic (exact) mass is 448 g/mol. The molecule has 1 aromatic heterocycles. The van der Waals surface area contributed by atoms with Gasteiger partial charge in [-0.1, -0.05) is 44.2 Å². The van der Waals surface area contributed by atoms with Gasteiger partial charge < -0.3 is 4.74 Å². The Kier molecular flexibility index (Phi) is 7.00. The zero-order valence-corrected chi connectivity index (χ0v) is 19.3. The number of fused-ring (bicyclic) bond motifs is 1. The second-order valence-corrected chi connectivity index (χ2v) is 10.4. The van der Waals surface area contributed by atoms with Gasteiger partial charge in [0.1, 0.15) is 5.75 Å². The summed E-state index contributed by atoms with van der Waals surface area (Å²) in [6.45, 7) is 6.75. The number of ether oxygens (including phenoxy) is 1. The molecule has 0 amide bonds. The molecule has 3 rings (SSSR count). The van der Waals surface area contributed by atoms with Crippen LogP contribution in [0.15, 0.2) is 52.2 Å². The maximum absolute atomic E-state index is 13.2. The highest BCUT2D eigenvalue weighted by Gasteiger charge is 2.23. The second-order valence-electron chi connectivity index (χ2n) is 7.73. The molecule has 0 fully saturated rings. The molecule has 8 heteroatoms. The molecule has 1 atom stereocenters. The molecule has 0 aliphatic carbocycles. The fourth-order valence-corrected chi connectivity index (χ4v) is 5.76. The average molecular weight is 449 g/mol. The number of aryl methyl sites for hydroxylation is 1. The Hall–Kier alpha value is -2.16. The highest BCUT2D eigenvalue weighted by Crippen LogP contribution is 2.27. The van der Waals surface area contributed by atoms with Crippen LogP contribution in [0.2, 0.25) is 0 Å². The van der Waals surface area contributed by atoms with Gasteiger partial charge >= 0.3 is 4.87 Å². The minimum Gasteiger partial charge on any atom is -0.497 e. The first kappa shape index (κ1) is 22.5. The number of nitrogens with one attached hydrogen (secondary N) is 1. The van der Waals surface area contributed by atoms with Crippen LogP contribution in [0.1, 0.15) is 45.2 Å². The third-order valence-electron chi connectivity index (χ3n) is 4.92. The molecule has 3 aromatic rings. The van der Waals surface area contributed by atoms with Gasteiger partial charge in [0, 0.05) is 12.6 Å². The van der Waals surface area contributed by atoms with Crippen LogP contribution in [0.25, 0.3) is 10.2 Å². The molecule has 1 unspecified atom stereocenters. The molecule has 6 nitrogen and oxygen atoms in total. The van der Waals surface area contributed by atoms with Crippen molar-refractivity contribution in [2.75, 3.05) is 7.11 Å². The van der Waals surface area contributed by atoms with Gasteiger partial charge in [0.25, 0.3) is 0 Å². The van der Waals surface area contributed by atoms with Crippen molar-refractivity contribution in [1.29, 1.82) is 0 Å². The van der Waals surface area contributed by atoms with E-state index in [1.165, 1.54) is 0 Å². The van der Waals surface area contributed by atoms with Crippen molar-refractivity contribution in [1.82, 2.24) is 9.29 Å². The number of sulfonamides is 1. The molecule has 1 N–H and O–H groups in total. The standard InChI is InChI=1S/C22H28N2O4S2/c1-5-12-24-20-11-10-18(14-21(20)29-22(24)25)30(26,27)23-19(13-15(2)3)16-6-8-17(28-4)9-7-16/h6-11,14-15,19,23H,5,12-13H2,1-4H3. The summed E-state index contributed by atoms with van der Waals surface area (Å²) in [5.74, 6) is 1.03. The maximum atomic E-state index is 13.2. The first-order chi connectivity index (χ1) is 14.2. The minimum atomic E-state index is -3.76. The molecule has 30 heavy (non-hydrogen) atoms. The molecule has 0 aliphatic rings. The first-order valence-corrected chi connectivity index (χ1v) is 12.3. The van der Waals surface area contributed by atoms with E-state index in [1.807, 2.05) is 31.2 Å². The second kappa shape index (κ2) is 9.32. The van der Waals surface area contributed by atoms with Crippen molar-refractivity contribution in [2.45, 2.75) is 51.1 Å². The van der Waals surface area contributed by atoms with Crippen LogP contribution in [0.4, 0.5) is 0 Å². The van der Waals surface area contributed by atoms with E-state index in [4.69, 9.17) is 4.74 Å². The van der Waals surface area contributed by atoms with Gasteiger partial charge in [-0.25, -0.2) is 13.1 Å². The van der Waals surface area contributed by atoms with Crippen LogP contribution in [0, 0.1) is 5.92 Å². The molecular formula is C22H28N2O4S2. The van der Waals surface area contributed by atoms with Crippen LogP contribution >= 0.6 is 11.3 Å². The topological polar surface area (TPSA) is 77.4 Å². The largest absolute Gasteiger partial charge is 0.497 e. The molecule has 0 bridgehead atoms. The van der Waals surface area contributed by atoms with Gasteiger partial charge in [0.05, 0.1) is 22.2 Å². The molecule has 0 saturated heterocycles. The van der Waals surface area contributed by atoms with E-state index < -0.39 is 10.0 Å². The van der Waals surface area contributed by atoms with E-state index in [0.29, 0.717) is 23.6 Å². The quantitative estimate of drug-likeness (QED) is 0.521.